The number of nitrogens with two attached hydrogens (primary N) is 1. The van der Waals surface area contributed by atoms with E-state index in [0.717, 1.165) is 6.07 Å². The van der Waals surface area contributed by atoms with Crippen LogP contribution in [0.5, 0.6) is 0 Å². The Hall–Kier alpha value is -0.860. The molecule has 1 atom stereocenters. The predicted octanol–water partition coefficient (Wildman–Crippen LogP) is 1.80. The Labute approximate surface area is 133 Å². The van der Waals surface area contributed by atoms with Gasteiger partial charge in [0.1, 0.15) is 4.90 Å². The van der Waals surface area contributed by atoms with Gasteiger partial charge in [-0.3, -0.25) is 4.79 Å². The van der Waals surface area contributed by atoms with Crippen LogP contribution in [0.15, 0.2) is 17.0 Å². The van der Waals surface area contributed by atoms with Crippen molar-refractivity contribution in [1.29, 1.82) is 0 Å². The number of sulfonamides is 1. The zero-order valence-electron chi connectivity index (χ0n) is 11.5. The lowest BCUT2D eigenvalue weighted by Gasteiger charge is -2.17. The number of amides is 1. The van der Waals surface area contributed by atoms with E-state index in [0.29, 0.717) is 13.0 Å². The largest absolute Gasteiger partial charge is 0.383 e. The molecule has 9 heteroatoms. The second-order valence-corrected chi connectivity index (χ2v) is 6.69. The number of methoxy groups -OCH3 is 1. The molecule has 0 fully saturated rings. The lowest BCUT2D eigenvalue weighted by atomic mass is 10.1. The second-order valence-electron chi connectivity index (χ2n) is 4.34. The molecule has 0 saturated heterocycles. The van der Waals surface area contributed by atoms with Crippen LogP contribution in [0.25, 0.3) is 0 Å². The number of rotatable bonds is 6. The van der Waals surface area contributed by atoms with Gasteiger partial charge in [0.2, 0.25) is 10.0 Å². The molecule has 1 aromatic rings. The van der Waals surface area contributed by atoms with E-state index in [-0.39, 0.29) is 26.5 Å². The van der Waals surface area contributed by atoms with Gasteiger partial charge in [0.15, 0.2) is 0 Å². The van der Waals surface area contributed by atoms with Crippen molar-refractivity contribution in [2.75, 3.05) is 13.7 Å². The van der Waals surface area contributed by atoms with Crippen LogP contribution in [-0.2, 0) is 14.8 Å². The topological polar surface area (TPSA) is 98.5 Å². The fourth-order valence-electron chi connectivity index (χ4n) is 1.66. The molecular formula is C12H16Cl2N2O4S. The molecule has 118 valence electrons. The summed E-state index contributed by atoms with van der Waals surface area (Å²) < 4.78 is 27.9. The maximum Gasteiger partial charge on any atom is 0.253 e. The summed E-state index contributed by atoms with van der Waals surface area (Å²) in [5.74, 6) is -0.545. The lowest BCUT2D eigenvalue weighted by molar-refractivity contribution is 0.0894. The quantitative estimate of drug-likeness (QED) is 0.813. The van der Waals surface area contributed by atoms with Crippen LogP contribution in [0, 0.1) is 0 Å². The van der Waals surface area contributed by atoms with Crippen LogP contribution in [0.1, 0.15) is 23.7 Å². The number of nitrogens with one attached hydrogen (secondary N) is 1. The van der Waals surface area contributed by atoms with E-state index >= 15 is 0 Å². The van der Waals surface area contributed by atoms with Gasteiger partial charge in [-0.25, -0.2) is 13.6 Å². The average molecular weight is 355 g/mol. The van der Waals surface area contributed by atoms with E-state index in [4.69, 9.17) is 33.1 Å². The first-order valence-corrected chi connectivity index (χ1v) is 8.32. The van der Waals surface area contributed by atoms with Gasteiger partial charge in [-0.15, -0.1) is 0 Å². The van der Waals surface area contributed by atoms with Crippen molar-refractivity contribution in [3.8, 4) is 0 Å². The molecule has 1 unspecified atom stereocenters. The molecule has 3 N–H and O–H groups in total. The summed E-state index contributed by atoms with van der Waals surface area (Å²) in [7, 11) is -2.56. The van der Waals surface area contributed by atoms with Crippen LogP contribution in [0.3, 0.4) is 0 Å². The number of benzene rings is 1. The molecule has 0 aliphatic heterocycles. The SMILES string of the molecule is CCC(COC)NC(=O)c1cc(Cl)cc(S(N)(=O)=O)c1Cl. The van der Waals surface area contributed by atoms with Crippen molar-refractivity contribution >= 4 is 39.1 Å². The molecule has 1 aromatic carbocycles. The number of hydrogen-bond acceptors (Lipinski definition) is 4. The number of carbonyl (C=O) groups excluding carboxylic acids is 1. The molecule has 21 heavy (non-hydrogen) atoms. The lowest BCUT2D eigenvalue weighted by Crippen LogP contribution is -2.37. The summed E-state index contributed by atoms with van der Waals surface area (Å²) in [6.07, 6.45) is 0.639. The zero-order chi connectivity index (χ0) is 16.2. The minimum atomic E-state index is -4.08. The first-order chi connectivity index (χ1) is 9.70. The summed E-state index contributed by atoms with van der Waals surface area (Å²) in [4.78, 5) is 11.8. The molecule has 6 nitrogen and oxygen atoms in total. The summed E-state index contributed by atoms with van der Waals surface area (Å²) in [5.41, 5.74) is -0.0530. The van der Waals surface area contributed by atoms with E-state index in [9.17, 15) is 13.2 Å². The molecule has 0 aromatic heterocycles. The van der Waals surface area contributed by atoms with Crippen LogP contribution >= 0.6 is 23.2 Å². The molecule has 0 aliphatic rings. The third kappa shape index (κ3) is 4.82. The van der Waals surface area contributed by atoms with Crippen LogP contribution < -0.4 is 10.5 Å². The minimum Gasteiger partial charge on any atom is -0.383 e. The molecule has 1 amide bonds. The number of carbonyl (C=O) groups is 1. The Morgan fingerprint density at radius 1 is 1.43 bits per heavy atom. The van der Waals surface area contributed by atoms with Gasteiger partial charge in [0.05, 0.1) is 23.2 Å². The van der Waals surface area contributed by atoms with Crippen molar-refractivity contribution in [3.05, 3.63) is 27.7 Å². The van der Waals surface area contributed by atoms with Crippen molar-refractivity contribution in [2.24, 2.45) is 5.14 Å². The van der Waals surface area contributed by atoms with Crippen LogP contribution in [0.4, 0.5) is 0 Å². The maximum atomic E-state index is 12.2. The van der Waals surface area contributed by atoms with Crippen molar-refractivity contribution < 1.29 is 17.9 Å². The van der Waals surface area contributed by atoms with E-state index in [1.165, 1.54) is 13.2 Å². The third-order valence-corrected chi connectivity index (χ3v) is 4.42. The molecule has 0 bridgehead atoms. The molecule has 1 rings (SSSR count). The van der Waals surface area contributed by atoms with E-state index in [1.54, 1.807) is 0 Å². The van der Waals surface area contributed by atoms with Crippen molar-refractivity contribution in [1.82, 2.24) is 5.32 Å². The van der Waals surface area contributed by atoms with Crippen molar-refractivity contribution in [3.63, 3.8) is 0 Å². The van der Waals surface area contributed by atoms with Gasteiger partial charge >= 0.3 is 0 Å². The summed E-state index contributed by atoms with van der Waals surface area (Å²) in [6.45, 7) is 2.20. The summed E-state index contributed by atoms with van der Waals surface area (Å²) >= 11 is 11.8. The van der Waals surface area contributed by atoms with Gasteiger partial charge in [-0.1, -0.05) is 30.1 Å². The van der Waals surface area contributed by atoms with Gasteiger partial charge in [0.25, 0.3) is 5.91 Å². The van der Waals surface area contributed by atoms with Gasteiger partial charge in [0, 0.05) is 12.1 Å². The Kier molecular flexibility index (Phi) is 6.42. The van der Waals surface area contributed by atoms with Gasteiger partial charge < -0.3 is 10.1 Å². The maximum absolute atomic E-state index is 12.2. The fraction of sp³-hybridized carbons (Fsp3) is 0.417. The van der Waals surface area contributed by atoms with Crippen LogP contribution in [0.2, 0.25) is 10.0 Å². The van der Waals surface area contributed by atoms with Crippen molar-refractivity contribution in [2.45, 2.75) is 24.3 Å². The highest BCUT2D eigenvalue weighted by atomic mass is 35.5. The second kappa shape index (κ2) is 7.42. The molecule has 0 aliphatic carbocycles. The highest BCUT2D eigenvalue weighted by molar-refractivity contribution is 7.89. The average Bonchev–Trinajstić information content (AvgIpc) is 2.39. The fourth-order valence-corrected chi connectivity index (χ4v) is 3.11. The number of ether oxygens (including phenoxy) is 1. The van der Waals surface area contributed by atoms with Gasteiger partial charge in [-0.2, -0.15) is 0 Å². The summed E-state index contributed by atoms with van der Waals surface area (Å²) in [5, 5.41) is 7.53. The Bertz CT molecular complexity index is 634. The van der Waals surface area contributed by atoms with Crippen LogP contribution in [-0.4, -0.2) is 34.1 Å². The standard InChI is InChI=1S/C12H16Cl2N2O4S/c1-3-8(6-20-2)16-12(17)9-4-7(13)5-10(11(9)14)21(15,18)19/h4-5,8H,3,6H2,1-2H3,(H,16,17)(H2,15,18,19). The molecular weight excluding hydrogens is 339 g/mol. The van der Waals surface area contributed by atoms with Gasteiger partial charge in [-0.05, 0) is 18.6 Å². The summed E-state index contributed by atoms with van der Waals surface area (Å²) in [6, 6.07) is 2.16. The minimum absolute atomic E-state index is 0.0494. The smallest absolute Gasteiger partial charge is 0.253 e. The van der Waals surface area contributed by atoms with E-state index < -0.39 is 15.9 Å². The molecule has 0 radical (unpaired) electrons. The third-order valence-electron chi connectivity index (χ3n) is 2.75. The highest BCUT2D eigenvalue weighted by Crippen LogP contribution is 2.28. The monoisotopic (exact) mass is 354 g/mol. The number of hydrogen-bond donors (Lipinski definition) is 2. The Morgan fingerprint density at radius 3 is 2.52 bits per heavy atom. The van der Waals surface area contributed by atoms with E-state index in [2.05, 4.69) is 5.32 Å². The molecule has 0 saturated carbocycles. The first-order valence-electron chi connectivity index (χ1n) is 6.02. The number of primary sulfonamides is 1. The Morgan fingerprint density at radius 2 is 2.05 bits per heavy atom. The predicted molar refractivity (Wildman–Crippen MR) is 81.3 cm³/mol. The normalized spacial score (nSPS) is 13.0. The molecule has 0 heterocycles. The zero-order valence-corrected chi connectivity index (χ0v) is 13.8. The van der Waals surface area contributed by atoms with E-state index in [1.807, 2.05) is 6.92 Å². The molecule has 0 spiro atoms. The highest BCUT2D eigenvalue weighted by Gasteiger charge is 2.22. The first kappa shape index (κ1) is 18.2. The number of halogens is 2. The Balaban J connectivity index is 3.19.